The van der Waals surface area contributed by atoms with Gasteiger partial charge >= 0.3 is 0 Å². The van der Waals surface area contributed by atoms with E-state index in [1.165, 1.54) is 13.2 Å². The molecule has 1 aliphatic heterocycles. The van der Waals surface area contributed by atoms with Crippen molar-refractivity contribution in [2.45, 2.75) is 24.8 Å². The monoisotopic (exact) mass is 524 g/mol. The first-order valence-electron chi connectivity index (χ1n) is 12.8. The Bertz CT molecular complexity index is 1640. The van der Waals surface area contributed by atoms with Gasteiger partial charge < -0.3 is 21.1 Å². The molecule has 0 aliphatic carbocycles. The number of anilines is 2. The number of hydrogen-bond acceptors (Lipinski definition) is 8. The standard InChI is InChI=1S/C29H29FN8O/c1-39-25-7-6-19(14-22(25)30)23-15-20(13-21-16-36-28-27(31)34-10-12-38(21)28)24(17-35-23)37-11-4-8-29(32,18-37)26-5-2-3-9-33-26/h2-3,5-7,9-10,12,14-17H,4,8,11,13,18,32H2,1H3,(H2,31,34). The lowest BCUT2D eigenvalue weighted by molar-refractivity contribution is 0.345. The lowest BCUT2D eigenvalue weighted by atomic mass is 9.86. The number of piperidine rings is 1. The molecule has 0 radical (unpaired) electrons. The summed E-state index contributed by atoms with van der Waals surface area (Å²) in [4.78, 5) is 20.2. The maximum absolute atomic E-state index is 14.6. The average Bonchev–Trinajstić information content (AvgIpc) is 3.37. The van der Waals surface area contributed by atoms with Gasteiger partial charge in [-0.1, -0.05) is 6.07 Å². The van der Waals surface area contributed by atoms with Gasteiger partial charge in [0, 0.05) is 55.6 Å². The normalized spacial score (nSPS) is 17.5. The van der Waals surface area contributed by atoms with E-state index in [9.17, 15) is 4.39 Å². The first-order chi connectivity index (χ1) is 18.9. The van der Waals surface area contributed by atoms with Gasteiger partial charge in [0.1, 0.15) is 0 Å². The number of nitrogen functional groups attached to an aromatic ring is 1. The number of nitrogens with two attached hydrogens (primary N) is 2. The Morgan fingerprint density at radius 2 is 1.95 bits per heavy atom. The minimum atomic E-state index is -0.585. The second-order valence-electron chi connectivity index (χ2n) is 9.88. The Morgan fingerprint density at radius 1 is 1.05 bits per heavy atom. The number of aromatic nitrogens is 5. The molecule has 5 heterocycles. The fraction of sp³-hybridized carbons (Fsp3) is 0.241. The molecule has 1 fully saturated rings. The molecule has 1 aromatic carbocycles. The van der Waals surface area contributed by atoms with Crippen LogP contribution in [0, 0.1) is 5.82 Å². The molecule has 1 aliphatic rings. The maximum atomic E-state index is 14.6. The predicted octanol–water partition coefficient (Wildman–Crippen LogP) is 3.96. The van der Waals surface area contributed by atoms with Crippen LogP contribution >= 0.6 is 0 Å². The Hall–Kier alpha value is -4.57. The van der Waals surface area contributed by atoms with Crippen LogP contribution in [0.4, 0.5) is 15.9 Å². The smallest absolute Gasteiger partial charge is 0.180 e. The third-order valence-electron chi connectivity index (χ3n) is 7.36. The molecule has 0 spiro atoms. The number of imidazole rings is 1. The first-order valence-corrected chi connectivity index (χ1v) is 12.8. The number of benzene rings is 1. The lowest BCUT2D eigenvalue weighted by Crippen LogP contribution is -2.52. The zero-order valence-corrected chi connectivity index (χ0v) is 21.6. The van der Waals surface area contributed by atoms with Gasteiger partial charge in [-0.15, -0.1) is 0 Å². The highest BCUT2D eigenvalue weighted by molar-refractivity contribution is 5.67. The number of rotatable bonds is 6. The summed E-state index contributed by atoms with van der Waals surface area (Å²) in [5.41, 5.74) is 18.1. The summed E-state index contributed by atoms with van der Waals surface area (Å²) >= 11 is 0. The van der Waals surface area contributed by atoms with Crippen molar-refractivity contribution in [2.24, 2.45) is 5.73 Å². The number of halogens is 1. The number of methoxy groups -OCH3 is 1. The van der Waals surface area contributed by atoms with Gasteiger partial charge in [-0.05, 0) is 54.8 Å². The fourth-order valence-electron chi connectivity index (χ4n) is 5.37. The van der Waals surface area contributed by atoms with E-state index in [2.05, 4.69) is 19.9 Å². The molecule has 0 amide bonds. The minimum Gasteiger partial charge on any atom is -0.494 e. The van der Waals surface area contributed by atoms with Crippen molar-refractivity contribution in [2.75, 3.05) is 30.8 Å². The van der Waals surface area contributed by atoms with Gasteiger partial charge in [-0.2, -0.15) is 0 Å². The van der Waals surface area contributed by atoms with Crippen LogP contribution in [0.1, 0.15) is 29.8 Å². The van der Waals surface area contributed by atoms with Crippen molar-refractivity contribution in [3.05, 3.63) is 96.2 Å². The zero-order chi connectivity index (χ0) is 27.0. The van der Waals surface area contributed by atoms with Crippen LogP contribution in [0.15, 0.2) is 73.4 Å². The van der Waals surface area contributed by atoms with Crippen molar-refractivity contribution >= 4 is 17.2 Å². The van der Waals surface area contributed by atoms with E-state index in [0.717, 1.165) is 42.0 Å². The van der Waals surface area contributed by atoms with Crippen molar-refractivity contribution in [1.29, 1.82) is 0 Å². The molecule has 6 rings (SSSR count). The number of hydrogen-bond donors (Lipinski definition) is 2. The van der Waals surface area contributed by atoms with Crippen LogP contribution in [0.2, 0.25) is 0 Å². The second kappa shape index (κ2) is 9.95. The number of ether oxygens (including phenoxy) is 1. The van der Waals surface area contributed by atoms with Crippen LogP contribution in [0.3, 0.4) is 0 Å². The summed E-state index contributed by atoms with van der Waals surface area (Å²) < 4.78 is 21.6. The molecular weight excluding hydrogens is 495 g/mol. The molecule has 4 aromatic heterocycles. The van der Waals surface area contributed by atoms with Crippen LogP contribution < -0.4 is 21.1 Å². The molecule has 5 aromatic rings. The van der Waals surface area contributed by atoms with Crippen LogP contribution in [0.25, 0.3) is 16.9 Å². The summed E-state index contributed by atoms with van der Waals surface area (Å²) in [6.07, 6.45) is 11.3. The molecule has 1 saturated heterocycles. The summed E-state index contributed by atoms with van der Waals surface area (Å²) in [5.74, 6) is 0.119. The topological polar surface area (TPSA) is 120 Å². The molecule has 1 atom stereocenters. The van der Waals surface area contributed by atoms with Gasteiger partial charge in [0.25, 0.3) is 0 Å². The third-order valence-corrected chi connectivity index (χ3v) is 7.36. The van der Waals surface area contributed by atoms with Gasteiger partial charge in [0.15, 0.2) is 23.0 Å². The minimum absolute atomic E-state index is 0.189. The van der Waals surface area contributed by atoms with Gasteiger partial charge in [-0.3, -0.25) is 14.4 Å². The Kier molecular flexibility index (Phi) is 6.32. The van der Waals surface area contributed by atoms with Crippen molar-refractivity contribution in [3.8, 4) is 17.0 Å². The van der Waals surface area contributed by atoms with E-state index in [1.54, 1.807) is 24.5 Å². The molecule has 0 bridgehead atoms. The number of pyridine rings is 2. The summed E-state index contributed by atoms with van der Waals surface area (Å²) in [5, 5.41) is 0. The highest BCUT2D eigenvalue weighted by Gasteiger charge is 2.35. The molecule has 10 heteroatoms. The number of nitrogens with zero attached hydrogens (tertiary/aromatic N) is 6. The van der Waals surface area contributed by atoms with E-state index in [0.29, 0.717) is 35.7 Å². The predicted molar refractivity (Wildman–Crippen MR) is 148 cm³/mol. The van der Waals surface area contributed by atoms with E-state index < -0.39 is 11.4 Å². The van der Waals surface area contributed by atoms with Crippen molar-refractivity contribution in [3.63, 3.8) is 0 Å². The first kappa shape index (κ1) is 24.7. The Balaban J connectivity index is 1.42. The molecule has 4 N–H and O–H groups in total. The molecular formula is C29H29FN8O. The lowest BCUT2D eigenvalue weighted by Gasteiger charge is -2.41. The van der Waals surface area contributed by atoms with Crippen molar-refractivity contribution < 1.29 is 9.13 Å². The molecule has 39 heavy (non-hydrogen) atoms. The second-order valence-corrected chi connectivity index (χ2v) is 9.88. The molecule has 198 valence electrons. The van der Waals surface area contributed by atoms with E-state index in [4.69, 9.17) is 21.2 Å². The summed E-state index contributed by atoms with van der Waals surface area (Å²) in [6, 6.07) is 12.7. The Labute approximate surface area is 225 Å². The fourth-order valence-corrected chi connectivity index (χ4v) is 5.37. The SMILES string of the molecule is COc1ccc(-c2cc(Cc3cnc4c(N)nccn34)c(N3CCCC(N)(c4ccccn4)C3)cn2)cc1F. The van der Waals surface area contributed by atoms with Gasteiger partial charge in [0.05, 0.1) is 35.9 Å². The van der Waals surface area contributed by atoms with Crippen LogP contribution in [0.5, 0.6) is 5.75 Å². The summed E-state index contributed by atoms with van der Waals surface area (Å²) in [7, 11) is 1.45. The maximum Gasteiger partial charge on any atom is 0.180 e. The largest absolute Gasteiger partial charge is 0.494 e. The zero-order valence-electron chi connectivity index (χ0n) is 21.6. The Morgan fingerprint density at radius 3 is 2.74 bits per heavy atom. The van der Waals surface area contributed by atoms with Gasteiger partial charge in [0.2, 0.25) is 0 Å². The molecule has 1 unspecified atom stereocenters. The van der Waals surface area contributed by atoms with Crippen molar-refractivity contribution in [1.82, 2.24) is 24.3 Å². The highest BCUT2D eigenvalue weighted by Crippen LogP contribution is 2.35. The third kappa shape index (κ3) is 4.63. The number of fused-ring (bicyclic) bond motifs is 1. The summed E-state index contributed by atoms with van der Waals surface area (Å²) in [6.45, 7) is 1.43. The van der Waals surface area contributed by atoms with Crippen LogP contribution in [-0.2, 0) is 12.0 Å². The van der Waals surface area contributed by atoms with E-state index in [1.807, 2.05) is 47.3 Å². The molecule has 9 nitrogen and oxygen atoms in total. The quantitative estimate of drug-likeness (QED) is 0.342. The van der Waals surface area contributed by atoms with Gasteiger partial charge in [-0.25, -0.2) is 14.4 Å². The van der Waals surface area contributed by atoms with E-state index >= 15 is 0 Å². The van der Waals surface area contributed by atoms with Crippen LogP contribution in [-0.4, -0.2) is 44.5 Å². The van der Waals surface area contributed by atoms with E-state index in [-0.39, 0.29) is 5.75 Å². The molecule has 0 saturated carbocycles. The average molecular weight is 525 g/mol. The highest BCUT2D eigenvalue weighted by atomic mass is 19.1.